The van der Waals surface area contributed by atoms with Gasteiger partial charge in [0.1, 0.15) is 12.1 Å². The third-order valence-electron chi connectivity index (χ3n) is 3.23. The Kier molecular flexibility index (Phi) is 4.06. The van der Waals surface area contributed by atoms with Crippen molar-refractivity contribution >= 4 is 38.1 Å². The molecule has 0 saturated carbocycles. The van der Waals surface area contributed by atoms with Crippen LogP contribution in [0.1, 0.15) is 5.56 Å². The van der Waals surface area contributed by atoms with Gasteiger partial charge in [0.15, 0.2) is 0 Å². The van der Waals surface area contributed by atoms with E-state index in [0.717, 1.165) is 22.9 Å². The zero-order valence-electron chi connectivity index (χ0n) is 12.8. The Labute approximate surface area is 140 Å². The largest absolute Gasteiger partial charge is 0.340 e. The maximum absolute atomic E-state index is 11.3. The molecule has 0 amide bonds. The van der Waals surface area contributed by atoms with Crippen LogP contribution < -0.4 is 10.0 Å². The number of aromatic nitrogens is 2. The lowest BCUT2D eigenvalue weighted by molar-refractivity contribution is 0.607. The van der Waals surface area contributed by atoms with Crippen molar-refractivity contribution < 1.29 is 8.42 Å². The van der Waals surface area contributed by atoms with Gasteiger partial charge in [-0.2, -0.15) is 0 Å². The van der Waals surface area contributed by atoms with Crippen molar-refractivity contribution in [2.45, 2.75) is 0 Å². The molecule has 0 radical (unpaired) electrons. The molecule has 0 saturated heterocycles. The van der Waals surface area contributed by atoms with Crippen molar-refractivity contribution in [3.05, 3.63) is 54.4 Å². The number of fused-ring (bicyclic) bond motifs is 1. The number of terminal acetylenes is 1. The second-order valence-electron chi connectivity index (χ2n) is 5.18. The highest BCUT2D eigenvalue weighted by atomic mass is 32.2. The predicted molar refractivity (Wildman–Crippen MR) is 95.7 cm³/mol. The summed E-state index contributed by atoms with van der Waals surface area (Å²) >= 11 is 0. The summed E-state index contributed by atoms with van der Waals surface area (Å²) in [5.74, 6) is 3.19. The van der Waals surface area contributed by atoms with E-state index in [1.165, 1.54) is 6.33 Å². The summed E-state index contributed by atoms with van der Waals surface area (Å²) in [7, 11) is -3.34. The maximum atomic E-state index is 11.3. The Morgan fingerprint density at radius 3 is 2.67 bits per heavy atom. The van der Waals surface area contributed by atoms with E-state index >= 15 is 0 Å². The van der Waals surface area contributed by atoms with Gasteiger partial charge < -0.3 is 5.32 Å². The van der Waals surface area contributed by atoms with Crippen LogP contribution in [-0.4, -0.2) is 24.6 Å². The topological polar surface area (TPSA) is 84.0 Å². The van der Waals surface area contributed by atoms with Crippen LogP contribution in [0, 0.1) is 12.3 Å². The molecule has 1 aromatic heterocycles. The van der Waals surface area contributed by atoms with Gasteiger partial charge in [0, 0.05) is 16.6 Å². The number of hydrogen-bond acceptors (Lipinski definition) is 5. The second-order valence-corrected chi connectivity index (χ2v) is 6.93. The lowest BCUT2D eigenvalue weighted by Gasteiger charge is -2.10. The smallest absolute Gasteiger partial charge is 0.229 e. The highest BCUT2D eigenvalue weighted by Crippen LogP contribution is 2.25. The summed E-state index contributed by atoms with van der Waals surface area (Å²) in [6.45, 7) is 0. The Bertz CT molecular complexity index is 1060. The quantitative estimate of drug-likeness (QED) is 0.715. The average molecular weight is 338 g/mol. The van der Waals surface area contributed by atoms with E-state index in [4.69, 9.17) is 6.42 Å². The number of anilines is 3. The minimum atomic E-state index is -3.34. The van der Waals surface area contributed by atoms with E-state index in [2.05, 4.69) is 25.9 Å². The SMILES string of the molecule is C#Cc1cccc(Nc2ncnc3cc(NS(C)(=O)=O)ccc23)c1. The highest BCUT2D eigenvalue weighted by molar-refractivity contribution is 7.92. The Morgan fingerprint density at radius 2 is 1.92 bits per heavy atom. The number of hydrogen-bond donors (Lipinski definition) is 2. The van der Waals surface area contributed by atoms with E-state index < -0.39 is 10.0 Å². The Balaban J connectivity index is 1.98. The fourth-order valence-electron chi connectivity index (χ4n) is 2.26. The molecule has 0 spiro atoms. The normalized spacial score (nSPS) is 11.0. The number of rotatable bonds is 4. The van der Waals surface area contributed by atoms with Gasteiger partial charge in [-0.05, 0) is 36.4 Å². The van der Waals surface area contributed by atoms with Crippen molar-refractivity contribution in [1.29, 1.82) is 0 Å². The second kappa shape index (κ2) is 6.18. The molecule has 3 rings (SSSR count). The molecule has 3 aromatic rings. The van der Waals surface area contributed by atoms with Crippen molar-refractivity contribution in [3.63, 3.8) is 0 Å². The van der Waals surface area contributed by atoms with Crippen molar-refractivity contribution in [1.82, 2.24) is 9.97 Å². The van der Waals surface area contributed by atoms with Gasteiger partial charge in [0.2, 0.25) is 10.0 Å². The molecule has 2 N–H and O–H groups in total. The molecule has 1 heterocycles. The number of nitrogens with one attached hydrogen (secondary N) is 2. The standard InChI is InChI=1S/C17H14N4O2S/c1-3-12-5-4-6-13(9-12)20-17-15-8-7-14(21-24(2,22)23)10-16(15)18-11-19-17/h1,4-11,21H,2H3,(H,18,19,20). The first-order valence-electron chi connectivity index (χ1n) is 7.01. The molecule has 0 fully saturated rings. The van der Waals surface area contributed by atoms with Crippen LogP contribution in [0.15, 0.2) is 48.8 Å². The molecular formula is C17H14N4O2S. The van der Waals surface area contributed by atoms with E-state index in [9.17, 15) is 8.42 Å². The molecule has 0 aliphatic carbocycles. The fraction of sp³-hybridized carbons (Fsp3) is 0.0588. The third kappa shape index (κ3) is 3.62. The molecule has 0 atom stereocenters. The van der Waals surface area contributed by atoms with E-state index in [1.54, 1.807) is 18.2 Å². The highest BCUT2D eigenvalue weighted by Gasteiger charge is 2.07. The van der Waals surface area contributed by atoms with Gasteiger partial charge in [-0.25, -0.2) is 18.4 Å². The molecule has 120 valence electrons. The summed E-state index contributed by atoms with van der Waals surface area (Å²) in [5.41, 5.74) is 2.64. The first-order chi connectivity index (χ1) is 11.4. The molecule has 0 bridgehead atoms. The minimum absolute atomic E-state index is 0.448. The van der Waals surface area contributed by atoms with Crippen LogP contribution >= 0.6 is 0 Å². The van der Waals surface area contributed by atoms with Crippen molar-refractivity contribution in [2.24, 2.45) is 0 Å². The van der Waals surface area contributed by atoms with Gasteiger partial charge >= 0.3 is 0 Å². The van der Waals surface area contributed by atoms with Crippen LogP contribution in [0.3, 0.4) is 0 Å². The lowest BCUT2D eigenvalue weighted by atomic mass is 10.2. The Hall–Kier alpha value is -3.11. The fourth-order valence-corrected chi connectivity index (χ4v) is 2.81. The molecule has 6 nitrogen and oxygen atoms in total. The van der Waals surface area contributed by atoms with Gasteiger partial charge in [-0.3, -0.25) is 4.72 Å². The predicted octanol–water partition coefficient (Wildman–Crippen LogP) is 2.73. The van der Waals surface area contributed by atoms with Crippen LogP contribution in [0.5, 0.6) is 0 Å². The van der Waals surface area contributed by atoms with Gasteiger partial charge in [0.25, 0.3) is 0 Å². The van der Waals surface area contributed by atoms with Crippen molar-refractivity contribution in [3.8, 4) is 12.3 Å². The average Bonchev–Trinajstić information content (AvgIpc) is 2.53. The van der Waals surface area contributed by atoms with E-state index in [0.29, 0.717) is 17.0 Å². The number of nitrogens with zero attached hydrogens (tertiary/aromatic N) is 2. The molecule has 0 aliphatic heterocycles. The maximum Gasteiger partial charge on any atom is 0.229 e. The zero-order chi connectivity index (χ0) is 17.2. The number of benzene rings is 2. The molecule has 24 heavy (non-hydrogen) atoms. The van der Waals surface area contributed by atoms with Crippen LogP contribution in [-0.2, 0) is 10.0 Å². The minimum Gasteiger partial charge on any atom is -0.340 e. The molecule has 2 aromatic carbocycles. The summed E-state index contributed by atoms with van der Waals surface area (Å²) in [6, 6.07) is 12.5. The van der Waals surface area contributed by atoms with Crippen LogP contribution in [0.25, 0.3) is 10.9 Å². The Morgan fingerprint density at radius 1 is 1.08 bits per heavy atom. The van der Waals surface area contributed by atoms with Crippen molar-refractivity contribution in [2.75, 3.05) is 16.3 Å². The van der Waals surface area contributed by atoms with E-state index in [1.807, 2.05) is 24.3 Å². The summed E-state index contributed by atoms with van der Waals surface area (Å²) in [5, 5.41) is 3.97. The molecular weight excluding hydrogens is 324 g/mol. The number of sulfonamides is 1. The van der Waals surface area contributed by atoms with Gasteiger partial charge in [-0.15, -0.1) is 6.42 Å². The summed E-state index contributed by atoms with van der Waals surface area (Å²) in [4.78, 5) is 8.44. The summed E-state index contributed by atoms with van der Waals surface area (Å²) in [6.07, 6.45) is 7.93. The summed E-state index contributed by atoms with van der Waals surface area (Å²) < 4.78 is 25.1. The lowest BCUT2D eigenvalue weighted by Crippen LogP contribution is -2.09. The monoisotopic (exact) mass is 338 g/mol. The zero-order valence-corrected chi connectivity index (χ0v) is 13.6. The van der Waals surface area contributed by atoms with Gasteiger partial charge in [-0.1, -0.05) is 12.0 Å². The van der Waals surface area contributed by atoms with Gasteiger partial charge in [0.05, 0.1) is 17.5 Å². The first-order valence-corrected chi connectivity index (χ1v) is 8.90. The molecule has 0 aliphatic rings. The third-order valence-corrected chi connectivity index (χ3v) is 3.84. The van der Waals surface area contributed by atoms with Crippen LogP contribution in [0.2, 0.25) is 0 Å². The molecule has 7 heteroatoms. The van der Waals surface area contributed by atoms with Crippen LogP contribution in [0.4, 0.5) is 17.2 Å². The van der Waals surface area contributed by atoms with E-state index in [-0.39, 0.29) is 0 Å². The first kappa shape index (κ1) is 15.8. The molecule has 0 unspecified atom stereocenters.